The third-order valence-corrected chi connectivity index (χ3v) is 6.72. The Morgan fingerprint density at radius 1 is 1.24 bits per heavy atom. The molecular weight excluding hydrogens is 478 g/mol. The molecule has 0 spiro atoms. The number of allylic oxidation sites excluding steroid dienone is 1. The molecule has 2 heterocycles. The van der Waals surface area contributed by atoms with E-state index < -0.39 is 21.5 Å². The van der Waals surface area contributed by atoms with Crippen molar-refractivity contribution in [2.75, 3.05) is 11.9 Å². The first-order valence-corrected chi connectivity index (χ1v) is 12.3. The highest BCUT2D eigenvalue weighted by molar-refractivity contribution is 7.89. The number of carbonyl (C=O) groups excluding carboxylic acids is 1. The van der Waals surface area contributed by atoms with Crippen molar-refractivity contribution < 1.29 is 13.2 Å². The summed E-state index contributed by atoms with van der Waals surface area (Å²) in [7, 11) is -3.82. The standard InChI is InChI=1S/C23H24ClN5O4S/c1-3-6-19-20(24)14-26-29(23(19)31)15-22(30)28-18-9-8-16(2)21(13-18)34(32,33)27-12-10-17-7-4-5-11-25-17/h3-9,11,13-14,27H,10,12,15H2,1-2H3,(H,28,30)/b6-3+. The zero-order valence-electron chi connectivity index (χ0n) is 18.7. The Hall–Kier alpha value is -3.34. The number of nitrogens with zero attached hydrogens (tertiary/aromatic N) is 3. The van der Waals surface area contributed by atoms with E-state index in [0.29, 0.717) is 12.0 Å². The lowest BCUT2D eigenvalue weighted by Gasteiger charge is -2.12. The van der Waals surface area contributed by atoms with Crippen LogP contribution in [0.1, 0.15) is 23.7 Å². The zero-order valence-corrected chi connectivity index (χ0v) is 20.2. The number of aryl methyl sites for hydroxylation is 1. The first-order valence-electron chi connectivity index (χ1n) is 10.4. The number of amides is 1. The molecule has 0 saturated carbocycles. The van der Waals surface area contributed by atoms with Gasteiger partial charge in [-0.2, -0.15) is 5.10 Å². The van der Waals surface area contributed by atoms with Crippen molar-refractivity contribution in [2.45, 2.75) is 31.7 Å². The average Bonchev–Trinajstić information content (AvgIpc) is 2.80. The fourth-order valence-corrected chi connectivity index (χ4v) is 4.64. The molecule has 3 aromatic rings. The van der Waals surface area contributed by atoms with Crippen molar-refractivity contribution in [3.05, 3.63) is 87.1 Å². The highest BCUT2D eigenvalue weighted by Gasteiger charge is 2.18. The summed E-state index contributed by atoms with van der Waals surface area (Å²) < 4.78 is 29.2. The predicted octanol–water partition coefficient (Wildman–Crippen LogP) is 2.79. The highest BCUT2D eigenvalue weighted by Crippen LogP contribution is 2.20. The minimum Gasteiger partial charge on any atom is -0.324 e. The van der Waals surface area contributed by atoms with Gasteiger partial charge in [0.2, 0.25) is 15.9 Å². The van der Waals surface area contributed by atoms with Crippen LogP contribution in [0.5, 0.6) is 0 Å². The van der Waals surface area contributed by atoms with E-state index in [1.807, 2.05) is 12.1 Å². The van der Waals surface area contributed by atoms with E-state index in [1.54, 1.807) is 50.4 Å². The monoisotopic (exact) mass is 501 g/mol. The maximum Gasteiger partial charge on any atom is 0.276 e. The number of hydrogen-bond donors (Lipinski definition) is 2. The molecular formula is C23H24ClN5O4S. The van der Waals surface area contributed by atoms with Gasteiger partial charge in [-0.15, -0.1) is 0 Å². The third-order valence-electron chi connectivity index (χ3n) is 4.82. The molecule has 2 aromatic heterocycles. The van der Waals surface area contributed by atoms with Crippen molar-refractivity contribution in [1.82, 2.24) is 19.5 Å². The second-order valence-corrected chi connectivity index (χ2v) is 9.51. The van der Waals surface area contributed by atoms with E-state index in [0.717, 1.165) is 10.4 Å². The number of nitrogens with one attached hydrogen (secondary N) is 2. The summed E-state index contributed by atoms with van der Waals surface area (Å²) in [5.74, 6) is -0.543. The number of pyridine rings is 1. The second kappa shape index (κ2) is 11.2. The Morgan fingerprint density at radius 2 is 2.03 bits per heavy atom. The second-order valence-electron chi connectivity index (χ2n) is 7.37. The minimum absolute atomic E-state index is 0.0449. The Bertz CT molecular complexity index is 1370. The van der Waals surface area contributed by atoms with E-state index in [2.05, 4.69) is 20.1 Å². The number of aromatic nitrogens is 3. The van der Waals surface area contributed by atoms with Crippen LogP contribution in [0.3, 0.4) is 0 Å². The number of carbonyl (C=O) groups is 1. The van der Waals surface area contributed by atoms with Gasteiger partial charge >= 0.3 is 0 Å². The first-order chi connectivity index (χ1) is 16.2. The van der Waals surface area contributed by atoms with E-state index in [4.69, 9.17) is 11.6 Å². The summed E-state index contributed by atoms with van der Waals surface area (Å²) in [5.41, 5.74) is 1.29. The van der Waals surface area contributed by atoms with Gasteiger partial charge in [0.15, 0.2) is 0 Å². The van der Waals surface area contributed by atoms with Gasteiger partial charge in [-0.1, -0.05) is 35.9 Å². The molecule has 0 aliphatic rings. The van der Waals surface area contributed by atoms with Crippen LogP contribution in [-0.4, -0.2) is 35.6 Å². The predicted molar refractivity (Wildman–Crippen MR) is 131 cm³/mol. The summed E-state index contributed by atoms with van der Waals surface area (Å²) in [6.07, 6.45) is 6.58. The lowest BCUT2D eigenvalue weighted by atomic mass is 10.2. The van der Waals surface area contributed by atoms with Crippen molar-refractivity contribution in [3.63, 3.8) is 0 Å². The quantitative estimate of drug-likeness (QED) is 0.464. The third kappa shape index (κ3) is 6.37. The van der Waals surface area contributed by atoms with E-state index in [1.165, 1.54) is 12.3 Å². The molecule has 1 amide bonds. The average molecular weight is 502 g/mol. The van der Waals surface area contributed by atoms with E-state index in [-0.39, 0.29) is 34.3 Å². The van der Waals surface area contributed by atoms with Crippen LogP contribution in [0, 0.1) is 6.92 Å². The van der Waals surface area contributed by atoms with Gasteiger partial charge in [-0.25, -0.2) is 17.8 Å². The molecule has 3 rings (SSSR count). The van der Waals surface area contributed by atoms with Crippen LogP contribution in [0.2, 0.25) is 5.02 Å². The number of benzene rings is 1. The molecule has 2 N–H and O–H groups in total. The Labute approximate surface area is 202 Å². The molecule has 0 radical (unpaired) electrons. The maximum atomic E-state index is 12.8. The van der Waals surface area contributed by atoms with Gasteiger partial charge in [0.05, 0.1) is 21.7 Å². The normalized spacial score (nSPS) is 11.6. The van der Waals surface area contributed by atoms with Crippen molar-refractivity contribution >= 4 is 39.3 Å². The lowest BCUT2D eigenvalue weighted by Crippen LogP contribution is -2.31. The first kappa shape index (κ1) is 25.3. The van der Waals surface area contributed by atoms with Crippen molar-refractivity contribution in [1.29, 1.82) is 0 Å². The highest BCUT2D eigenvalue weighted by atomic mass is 35.5. The Balaban J connectivity index is 1.71. The smallest absolute Gasteiger partial charge is 0.276 e. The number of rotatable bonds is 9. The maximum absolute atomic E-state index is 12.8. The Kier molecular flexibility index (Phi) is 8.32. The number of hydrogen-bond acceptors (Lipinski definition) is 6. The number of anilines is 1. The van der Waals surface area contributed by atoms with Crippen LogP contribution in [-0.2, 0) is 27.8 Å². The fourth-order valence-electron chi connectivity index (χ4n) is 3.15. The molecule has 11 heteroatoms. The summed E-state index contributed by atoms with van der Waals surface area (Å²) in [6, 6.07) is 10.0. The number of sulfonamides is 1. The SMILES string of the molecule is C/C=C/c1c(Cl)cnn(CC(=O)Nc2ccc(C)c(S(=O)(=O)NCCc3ccccn3)c2)c1=O. The molecule has 0 saturated heterocycles. The minimum atomic E-state index is -3.82. The molecule has 0 fully saturated rings. The van der Waals surface area contributed by atoms with Gasteiger partial charge in [-0.3, -0.25) is 14.6 Å². The summed E-state index contributed by atoms with van der Waals surface area (Å²) in [5, 5.41) is 6.70. The topological polar surface area (TPSA) is 123 Å². The van der Waals surface area contributed by atoms with Gasteiger partial charge < -0.3 is 5.32 Å². The van der Waals surface area contributed by atoms with Crippen molar-refractivity contribution in [2.24, 2.45) is 0 Å². The molecule has 1 aromatic carbocycles. The zero-order chi connectivity index (χ0) is 24.7. The van der Waals surface area contributed by atoms with Crippen LogP contribution >= 0.6 is 11.6 Å². The summed E-state index contributed by atoms with van der Waals surface area (Å²) >= 11 is 6.00. The number of halogens is 1. The van der Waals surface area contributed by atoms with E-state index >= 15 is 0 Å². The fraction of sp³-hybridized carbons (Fsp3) is 0.217. The molecule has 0 aliphatic carbocycles. The molecule has 9 nitrogen and oxygen atoms in total. The van der Waals surface area contributed by atoms with Gasteiger partial charge in [0, 0.05) is 30.5 Å². The van der Waals surface area contributed by atoms with E-state index in [9.17, 15) is 18.0 Å². The van der Waals surface area contributed by atoms with Gasteiger partial charge in [-0.05, 0) is 43.7 Å². The van der Waals surface area contributed by atoms with Crippen LogP contribution in [0.25, 0.3) is 6.08 Å². The molecule has 0 bridgehead atoms. The molecule has 178 valence electrons. The molecule has 0 unspecified atom stereocenters. The van der Waals surface area contributed by atoms with Crippen LogP contribution in [0.4, 0.5) is 5.69 Å². The van der Waals surface area contributed by atoms with Gasteiger partial charge in [0.25, 0.3) is 5.56 Å². The molecule has 0 atom stereocenters. The summed E-state index contributed by atoms with van der Waals surface area (Å²) in [6.45, 7) is 3.22. The molecule has 0 aliphatic heterocycles. The van der Waals surface area contributed by atoms with Crippen LogP contribution in [0.15, 0.2) is 64.6 Å². The largest absolute Gasteiger partial charge is 0.324 e. The van der Waals surface area contributed by atoms with Crippen molar-refractivity contribution in [3.8, 4) is 0 Å². The summed E-state index contributed by atoms with van der Waals surface area (Å²) in [4.78, 5) is 29.2. The van der Waals surface area contributed by atoms with Gasteiger partial charge in [0.1, 0.15) is 6.54 Å². The molecule has 34 heavy (non-hydrogen) atoms. The lowest BCUT2D eigenvalue weighted by molar-refractivity contribution is -0.117. The van der Waals surface area contributed by atoms with Crippen LogP contribution < -0.4 is 15.6 Å². The Morgan fingerprint density at radius 3 is 2.74 bits per heavy atom.